The second-order valence-electron chi connectivity index (χ2n) is 4.60. The molecule has 0 spiro atoms. The molecule has 1 aliphatic carbocycles. The van der Waals surface area contributed by atoms with Crippen LogP contribution < -0.4 is 11.1 Å². The summed E-state index contributed by atoms with van der Waals surface area (Å²) in [5.41, 5.74) is 7.06. The normalized spacial score (nSPS) is 24.8. The lowest BCUT2D eigenvalue weighted by Crippen LogP contribution is -2.37. The number of nitrogens with one attached hydrogen (secondary N) is 1. The summed E-state index contributed by atoms with van der Waals surface area (Å²) < 4.78 is 0. The second-order valence-corrected chi connectivity index (χ2v) is 4.60. The van der Waals surface area contributed by atoms with E-state index in [1.807, 2.05) is 18.5 Å². The highest BCUT2D eigenvalue weighted by molar-refractivity contribution is 5.08. The van der Waals surface area contributed by atoms with E-state index in [1.165, 1.54) is 24.8 Å². The summed E-state index contributed by atoms with van der Waals surface area (Å²) in [4.78, 5) is 4.12. The zero-order valence-corrected chi connectivity index (χ0v) is 9.73. The zero-order valence-electron chi connectivity index (χ0n) is 9.73. The first-order valence-electron chi connectivity index (χ1n) is 6.22. The molecule has 2 unspecified atom stereocenters. The number of pyridine rings is 1. The average molecular weight is 219 g/mol. The molecule has 1 aromatic rings. The van der Waals surface area contributed by atoms with E-state index in [0.717, 1.165) is 19.5 Å². The van der Waals surface area contributed by atoms with Gasteiger partial charge >= 0.3 is 0 Å². The van der Waals surface area contributed by atoms with Crippen molar-refractivity contribution in [3.63, 3.8) is 0 Å². The van der Waals surface area contributed by atoms with E-state index in [9.17, 15) is 0 Å². The molecule has 0 bridgehead atoms. The van der Waals surface area contributed by atoms with Crippen molar-refractivity contribution in [2.75, 3.05) is 13.1 Å². The Morgan fingerprint density at radius 2 is 2.38 bits per heavy atom. The lowest BCUT2D eigenvalue weighted by Gasteiger charge is -2.19. The van der Waals surface area contributed by atoms with Gasteiger partial charge in [0.25, 0.3) is 0 Å². The molecule has 2 atom stereocenters. The minimum Gasteiger partial charge on any atom is -0.330 e. The summed E-state index contributed by atoms with van der Waals surface area (Å²) in [6, 6.07) is 4.76. The van der Waals surface area contributed by atoms with Gasteiger partial charge < -0.3 is 11.1 Å². The van der Waals surface area contributed by atoms with E-state index in [0.29, 0.717) is 12.0 Å². The van der Waals surface area contributed by atoms with E-state index in [2.05, 4.69) is 16.4 Å². The average Bonchev–Trinajstić information content (AvgIpc) is 2.78. The Balaban J connectivity index is 1.72. The molecule has 0 radical (unpaired) electrons. The highest BCUT2D eigenvalue weighted by atomic mass is 14.9. The van der Waals surface area contributed by atoms with Gasteiger partial charge in [-0.15, -0.1) is 0 Å². The maximum absolute atomic E-state index is 5.76. The van der Waals surface area contributed by atoms with Crippen LogP contribution in [0.1, 0.15) is 24.8 Å². The number of hydrogen-bond donors (Lipinski definition) is 2. The summed E-state index contributed by atoms with van der Waals surface area (Å²) in [5, 5.41) is 3.62. The number of nitrogens with two attached hydrogens (primary N) is 1. The molecule has 16 heavy (non-hydrogen) atoms. The van der Waals surface area contributed by atoms with Crippen LogP contribution in [0.3, 0.4) is 0 Å². The largest absolute Gasteiger partial charge is 0.330 e. The molecule has 1 fully saturated rings. The van der Waals surface area contributed by atoms with Gasteiger partial charge in [-0.05, 0) is 49.9 Å². The predicted octanol–water partition coefficient (Wildman–Crippen LogP) is 1.34. The van der Waals surface area contributed by atoms with Gasteiger partial charge in [0.05, 0.1) is 0 Å². The van der Waals surface area contributed by atoms with Crippen LogP contribution in [0.15, 0.2) is 24.5 Å². The van der Waals surface area contributed by atoms with Crippen molar-refractivity contribution in [1.29, 1.82) is 0 Å². The fourth-order valence-electron chi connectivity index (χ4n) is 2.54. The highest BCUT2D eigenvalue weighted by Gasteiger charge is 2.24. The lowest BCUT2D eigenvalue weighted by molar-refractivity contribution is 0.410. The molecule has 0 amide bonds. The Kier molecular flexibility index (Phi) is 4.31. The molecule has 88 valence electrons. The van der Waals surface area contributed by atoms with Crippen molar-refractivity contribution in [1.82, 2.24) is 10.3 Å². The molecule has 3 heteroatoms. The lowest BCUT2D eigenvalue weighted by atomic mass is 10.0. The van der Waals surface area contributed by atoms with Gasteiger partial charge in [0.2, 0.25) is 0 Å². The molecular weight excluding hydrogens is 198 g/mol. The molecule has 0 aliphatic heterocycles. The summed E-state index contributed by atoms with van der Waals surface area (Å²) >= 11 is 0. The molecule has 3 nitrogen and oxygen atoms in total. The van der Waals surface area contributed by atoms with Crippen LogP contribution in [0.5, 0.6) is 0 Å². The summed E-state index contributed by atoms with van der Waals surface area (Å²) in [7, 11) is 0. The van der Waals surface area contributed by atoms with E-state index >= 15 is 0 Å². The quantitative estimate of drug-likeness (QED) is 0.786. The van der Waals surface area contributed by atoms with Crippen molar-refractivity contribution >= 4 is 0 Å². The molecule has 1 saturated carbocycles. The van der Waals surface area contributed by atoms with Gasteiger partial charge in [0, 0.05) is 18.4 Å². The zero-order chi connectivity index (χ0) is 11.2. The maximum atomic E-state index is 5.76. The van der Waals surface area contributed by atoms with Crippen molar-refractivity contribution in [3.8, 4) is 0 Å². The Labute approximate surface area is 97.5 Å². The highest BCUT2D eigenvalue weighted by Crippen LogP contribution is 2.24. The van der Waals surface area contributed by atoms with Crippen LogP contribution in [0.2, 0.25) is 0 Å². The summed E-state index contributed by atoms with van der Waals surface area (Å²) in [6.07, 6.45) is 8.72. The van der Waals surface area contributed by atoms with Crippen molar-refractivity contribution in [3.05, 3.63) is 30.1 Å². The maximum Gasteiger partial charge on any atom is 0.0300 e. The third-order valence-corrected chi connectivity index (χ3v) is 3.50. The molecule has 2 rings (SSSR count). The van der Waals surface area contributed by atoms with E-state index in [1.54, 1.807) is 0 Å². The van der Waals surface area contributed by atoms with Crippen molar-refractivity contribution in [2.24, 2.45) is 11.7 Å². The molecule has 0 aromatic carbocycles. The minimum atomic E-state index is 0.640. The van der Waals surface area contributed by atoms with Crippen LogP contribution in [0.25, 0.3) is 0 Å². The molecule has 0 saturated heterocycles. The SMILES string of the molecule is NCC1CCCC1NCCc1cccnc1. The van der Waals surface area contributed by atoms with Gasteiger partial charge in [-0.1, -0.05) is 12.5 Å². The van der Waals surface area contributed by atoms with Crippen LogP contribution in [-0.4, -0.2) is 24.1 Å². The van der Waals surface area contributed by atoms with E-state index in [-0.39, 0.29) is 0 Å². The first-order valence-corrected chi connectivity index (χ1v) is 6.22. The predicted molar refractivity (Wildman–Crippen MR) is 66.1 cm³/mol. The van der Waals surface area contributed by atoms with E-state index in [4.69, 9.17) is 5.73 Å². The fraction of sp³-hybridized carbons (Fsp3) is 0.615. The Hall–Kier alpha value is -0.930. The third-order valence-electron chi connectivity index (χ3n) is 3.50. The molecule has 1 aromatic heterocycles. The first kappa shape index (κ1) is 11.6. The van der Waals surface area contributed by atoms with Crippen LogP contribution >= 0.6 is 0 Å². The van der Waals surface area contributed by atoms with Gasteiger partial charge in [0.15, 0.2) is 0 Å². The summed E-state index contributed by atoms with van der Waals surface area (Å²) in [6.45, 7) is 1.86. The Morgan fingerprint density at radius 1 is 1.44 bits per heavy atom. The number of hydrogen-bond acceptors (Lipinski definition) is 3. The van der Waals surface area contributed by atoms with Gasteiger partial charge in [-0.3, -0.25) is 4.98 Å². The molecule has 1 aliphatic rings. The number of rotatable bonds is 5. The van der Waals surface area contributed by atoms with Crippen LogP contribution in [0, 0.1) is 5.92 Å². The third kappa shape index (κ3) is 3.03. The molecular formula is C13H21N3. The van der Waals surface area contributed by atoms with Crippen LogP contribution in [-0.2, 0) is 6.42 Å². The van der Waals surface area contributed by atoms with Gasteiger partial charge in [0.1, 0.15) is 0 Å². The summed E-state index contributed by atoms with van der Waals surface area (Å²) in [5.74, 6) is 0.689. The second kappa shape index (κ2) is 5.97. The topological polar surface area (TPSA) is 50.9 Å². The van der Waals surface area contributed by atoms with E-state index < -0.39 is 0 Å². The van der Waals surface area contributed by atoms with Gasteiger partial charge in [-0.2, -0.15) is 0 Å². The Morgan fingerprint density at radius 3 is 3.12 bits per heavy atom. The fourth-order valence-corrected chi connectivity index (χ4v) is 2.54. The number of nitrogens with zero attached hydrogens (tertiary/aromatic N) is 1. The molecule has 3 N–H and O–H groups in total. The minimum absolute atomic E-state index is 0.640. The van der Waals surface area contributed by atoms with Crippen molar-refractivity contribution < 1.29 is 0 Å². The smallest absolute Gasteiger partial charge is 0.0300 e. The van der Waals surface area contributed by atoms with Crippen LogP contribution in [0.4, 0.5) is 0 Å². The van der Waals surface area contributed by atoms with Gasteiger partial charge in [-0.25, -0.2) is 0 Å². The number of aromatic nitrogens is 1. The first-order chi connectivity index (χ1) is 7.90. The Bertz CT molecular complexity index is 299. The standard InChI is InChI=1S/C13H21N3/c14-9-12-4-1-5-13(12)16-8-6-11-3-2-7-15-10-11/h2-3,7,10,12-13,16H,1,4-6,8-9,14H2. The monoisotopic (exact) mass is 219 g/mol. The molecule has 1 heterocycles. The van der Waals surface area contributed by atoms with Crippen molar-refractivity contribution in [2.45, 2.75) is 31.7 Å².